The van der Waals surface area contributed by atoms with E-state index < -0.39 is 0 Å². The van der Waals surface area contributed by atoms with Gasteiger partial charge in [-0.1, -0.05) is 40.7 Å². The molecule has 0 spiro atoms. The highest BCUT2D eigenvalue weighted by molar-refractivity contribution is 14.1. The maximum absolute atomic E-state index is 5.86. The molecule has 1 aromatic rings. The molecule has 0 aliphatic rings. The number of benzene rings is 1. The Morgan fingerprint density at radius 3 is 2.36 bits per heavy atom. The first kappa shape index (κ1) is 12.3. The maximum atomic E-state index is 5.86. The Hall–Kier alpha value is 0.180. The molecule has 0 N–H and O–H groups in total. The second-order valence-electron chi connectivity index (χ2n) is 2.30. The molecule has 0 saturated carbocycles. The van der Waals surface area contributed by atoms with Gasteiger partial charge in [0.2, 0.25) is 4.11 Å². The summed E-state index contributed by atoms with van der Waals surface area (Å²) in [5, 5.41) is 1.15. The summed E-state index contributed by atoms with van der Waals surface area (Å²) < 4.78 is 4.92. The lowest BCUT2D eigenvalue weighted by molar-refractivity contribution is 0.354. The highest BCUT2D eigenvalue weighted by Gasteiger charge is 2.09. The van der Waals surface area contributed by atoms with E-state index in [0.29, 0.717) is 20.8 Å². The summed E-state index contributed by atoms with van der Waals surface area (Å²) >= 11 is 19.3. The average Bonchev–Trinajstić information content (AvgIpc) is 2.14. The first-order valence-electron chi connectivity index (χ1n) is 3.46. The highest BCUT2D eigenvalue weighted by Crippen LogP contribution is 2.34. The van der Waals surface area contributed by atoms with Crippen molar-refractivity contribution in [2.45, 2.75) is 4.11 Å². The van der Waals surface area contributed by atoms with E-state index in [9.17, 15) is 0 Å². The molecule has 0 bridgehead atoms. The van der Waals surface area contributed by atoms with Crippen LogP contribution in [0.4, 0.5) is 0 Å². The molecular formula is C9H4Cl3IO. The lowest BCUT2D eigenvalue weighted by Crippen LogP contribution is -2.04. The van der Waals surface area contributed by atoms with Gasteiger partial charge in [-0.25, -0.2) is 0 Å². The van der Waals surface area contributed by atoms with E-state index in [1.165, 1.54) is 12.1 Å². The van der Waals surface area contributed by atoms with Crippen molar-refractivity contribution in [1.29, 1.82) is 0 Å². The molecule has 1 rings (SSSR count). The Kier molecular flexibility index (Phi) is 4.65. The van der Waals surface area contributed by atoms with Crippen molar-refractivity contribution in [2.75, 3.05) is 0 Å². The molecule has 0 aliphatic carbocycles. The second-order valence-corrected chi connectivity index (χ2v) is 4.65. The zero-order chi connectivity index (χ0) is 10.7. The molecule has 74 valence electrons. The number of terminal acetylenes is 1. The van der Waals surface area contributed by atoms with E-state index in [0.717, 1.165) is 0 Å². The number of rotatable bonds is 2. The summed E-state index contributed by atoms with van der Waals surface area (Å²) in [6.07, 6.45) is 5.15. The van der Waals surface area contributed by atoms with Gasteiger partial charge < -0.3 is 4.74 Å². The van der Waals surface area contributed by atoms with E-state index in [1.54, 1.807) is 0 Å². The predicted molar refractivity (Wildman–Crippen MR) is 68.7 cm³/mol. The largest absolute Gasteiger partial charge is 0.467 e. The summed E-state index contributed by atoms with van der Waals surface area (Å²) in [5.74, 6) is 2.83. The first-order chi connectivity index (χ1) is 6.54. The molecule has 1 nitrogen and oxygen atoms in total. The minimum Gasteiger partial charge on any atom is -0.467 e. The Balaban J connectivity index is 2.99. The van der Waals surface area contributed by atoms with Gasteiger partial charge in [0, 0.05) is 6.07 Å². The quantitative estimate of drug-likeness (QED) is 0.328. The van der Waals surface area contributed by atoms with Crippen LogP contribution in [0.1, 0.15) is 0 Å². The Morgan fingerprint density at radius 2 is 1.79 bits per heavy atom. The van der Waals surface area contributed by atoms with E-state index >= 15 is 0 Å². The second kappa shape index (κ2) is 5.32. The summed E-state index contributed by atoms with van der Waals surface area (Å²) in [7, 11) is 0. The average molecular weight is 361 g/mol. The molecule has 0 fully saturated rings. The third-order valence-electron chi connectivity index (χ3n) is 1.34. The number of ether oxygens (including phenoxy) is 1. The fourth-order valence-corrected chi connectivity index (χ4v) is 1.60. The molecular weight excluding hydrogens is 357 g/mol. The minimum absolute atomic E-state index is 0.381. The van der Waals surface area contributed by atoms with Crippen molar-refractivity contribution in [3.8, 4) is 18.1 Å². The van der Waals surface area contributed by atoms with Crippen LogP contribution in [0.25, 0.3) is 0 Å². The van der Waals surface area contributed by atoms with Crippen LogP contribution in [0.2, 0.25) is 15.1 Å². The molecule has 14 heavy (non-hydrogen) atoms. The van der Waals surface area contributed by atoms with E-state index in [1.807, 2.05) is 22.6 Å². The van der Waals surface area contributed by atoms with Gasteiger partial charge in [-0.2, -0.15) is 0 Å². The third-order valence-corrected chi connectivity index (χ3v) is 2.97. The third kappa shape index (κ3) is 3.09. The van der Waals surface area contributed by atoms with Crippen LogP contribution in [0.15, 0.2) is 12.1 Å². The summed E-state index contributed by atoms with van der Waals surface area (Å²) in [5.41, 5.74) is 0. The molecule has 5 heteroatoms. The minimum atomic E-state index is -0.387. The summed E-state index contributed by atoms with van der Waals surface area (Å²) in [6, 6.07) is 3.05. The van der Waals surface area contributed by atoms with Crippen LogP contribution < -0.4 is 4.74 Å². The van der Waals surface area contributed by atoms with Crippen LogP contribution >= 0.6 is 57.4 Å². The molecule has 0 saturated heterocycles. The number of hydrogen-bond donors (Lipinski definition) is 0. The van der Waals surface area contributed by atoms with Crippen molar-refractivity contribution >= 4 is 57.4 Å². The van der Waals surface area contributed by atoms with Gasteiger partial charge in [0.1, 0.15) is 5.75 Å². The van der Waals surface area contributed by atoms with Crippen molar-refractivity contribution in [1.82, 2.24) is 0 Å². The van der Waals surface area contributed by atoms with Gasteiger partial charge in [-0.05, 0) is 28.7 Å². The van der Waals surface area contributed by atoms with Crippen molar-refractivity contribution in [3.05, 3.63) is 27.2 Å². The monoisotopic (exact) mass is 360 g/mol. The molecule has 1 aromatic carbocycles. The molecule has 0 radical (unpaired) electrons. The number of halogens is 4. The van der Waals surface area contributed by atoms with Gasteiger partial charge in [0.25, 0.3) is 0 Å². The number of hydrogen-bond acceptors (Lipinski definition) is 1. The number of alkyl halides is 1. The van der Waals surface area contributed by atoms with E-state index in [4.69, 9.17) is 46.0 Å². The fraction of sp³-hybridized carbons (Fsp3) is 0.111. The Labute approximate surface area is 111 Å². The lowest BCUT2D eigenvalue weighted by Gasteiger charge is -2.10. The zero-order valence-electron chi connectivity index (χ0n) is 6.73. The van der Waals surface area contributed by atoms with E-state index in [2.05, 4.69) is 5.92 Å². The van der Waals surface area contributed by atoms with Gasteiger partial charge in [0.15, 0.2) is 0 Å². The molecule has 0 heterocycles. The van der Waals surface area contributed by atoms with Gasteiger partial charge in [0.05, 0.1) is 15.1 Å². The first-order valence-corrected chi connectivity index (χ1v) is 5.84. The van der Waals surface area contributed by atoms with Crippen LogP contribution in [-0.4, -0.2) is 4.11 Å². The standard InChI is InChI=1S/C9H4Cl3IO/c1-2-9(13)14-8-4-6(11)5(10)3-7(8)12/h1,3-4,9H. The normalized spacial score (nSPS) is 11.9. The molecule has 0 aromatic heterocycles. The van der Waals surface area contributed by atoms with Crippen LogP contribution in [0, 0.1) is 12.3 Å². The molecule has 0 aliphatic heterocycles. The topological polar surface area (TPSA) is 9.23 Å². The fourth-order valence-electron chi connectivity index (χ4n) is 0.740. The van der Waals surface area contributed by atoms with Crippen LogP contribution in [0.3, 0.4) is 0 Å². The van der Waals surface area contributed by atoms with Crippen molar-refractivity contribution in [3.63, 3.8) is 0 Å². The Bertz CT molecular complexity index is 386. The van der Waals surface area contributed by atoms with Gasteiger partial charge in [-0.3, -0.25) is 0 Å². The maximum Gasteiger partial charge on any atom is 0.209 e. The van der Waals surface area contributed by atoms with Gasteiger partial charge in [-0.15, -0.1) is 6.42 Å². The van der Waals surface area contributed by atoms with Crippen molar-refractivity contribution in [2.24, 2.45) is 0 Å². The lowest BCUT2D eigenvalue weighted by atomic mass is 10.3. The predicted octanol–water partition coefficient (Wildman–Crippen LogP) is 4.42. The van der Waals surface area contributed by atoms with Crippen LogP contribution in [0.5, 0.6) is 5.75 Å². The highest BCUT2D eigenvalue weighted by atomic mass is 127. The smallest absolute Gasteiger partial charge is 0.209 e. The molecule has 1 unspecified atom stereocenters. The summed E-state index contributed by atoms with van der Waals surface area (Å²) in [4.78, 5) is 0. The van der Waals surface area contributed by atoms with Crippen molar-refractivity contribution < 1.29 is 4.74 Å². The SMILES string of the molecule is C#CC(I)Oc1cc(Cl)c(Cl)cc1Cl. The summed E-state index contributed by atoms with van der Waals surface area (Å²) in [6.45, 7) is 0. The molecule has 1 atom stereocenters. The Morgan fingerprint density at radius 1 is 1.21 bits per heavy atom. The zero-order valence-corrected chi connectivity index (χ0v) is 11.2. The molecule has 0 amide bonds. The van der Waals surface area contributed by atoms with Gasteiger partial charge >= 0.3 is 0 Å². The van der Waals surface area contributed by atoms with E-state index in [-0.39, 0.29) is 4.11 Å². The van der Waals surface area contributed by atoms with Crippen LogP contribution in [-0.2, 0) is 0 Å².